The molecule has 0 amide bonds. The number of piperazine rings is 1. The minimum Gasteiger partial charge on any atom is -0.478 e. The first-order valence-electron chi connectivity index (χ1n) is 9.61. The first kappa shape index (κ1) is 22.8. The Morgan fingerprint density at radius 1 is 1.13 bits per heavy atom. The van der Waals surface area contributed by atoms with Crippen molar-refractivity contribution in [2.45, 2.75) is 6.92 Å². The number of nitrogens with zero attached hydrogens (tertiary/aromatic N) is 3. The van der Waals surface area contributed by atoms with Crippen LogP contribution in [0, 0.1) is 0 Å². The molecule has 1 fully saturated rings. The summed E-state index contributed by atoms with van der Waals surface area (Å²) in [4.78, 5) is 28.8. The highest BCUT2D eigenvalue weighted by atomic mass is 35.5. The van der Waals surface area contributed by atoms with Gasteiger partial charge in [0.15, 0.2) is 5.75 Å². The Morgan fingerprint density at radius 3 is 2.42 bits per heavy atom. The van der Waals surface area contributed by atoms with Crippen LogP contribution in [0.1, 0.15) is 12.5 Å². The van der Waals surface area contributed by atoms with Gasteiger partial charge < -0.3 is 24.7 Å². The number of benzene rings is 1. The van der Waals surface area contributed by atoms with Crippen molar-refractivity contribution in [1.82, 2.24) is 9.80 Å². The summed E-state index contributed by atoms with van der Waals surface area (Å²) in [6.07, 6.45) is 1.12. The van der Waals surface area contributed by atoms with Crippen LogP contribution in [0.25, 0.3) is 0 Å². The molecule has 1 aromatic heterocycles. The molecule has 2 aromatic rings. The molecule has 0 atom stereocenters. The highest BCUT2D eigenvalue weighted by Crippen LogP contribution is 2.41. The predicted octanol–water partition coefficient (Wildman–Crippen LogP) is 3.93. The van der Waals surface area contributed by atoms with Gasteiger partial charge in [0.25, 0.3) is 0 Å². The van der Waals surface area contributed by atoms with Gasteiger partial charge in [0.2, 0.25) is 0 Å². The van der Waals surface area contributed by atoms with Crippen LogP contribution in [0.15, 0.2) is 46.1 Å². The van der Waals surface area contributed by atoms with E-state index >= 15 is 0 Å². The zero-order valence-electron chi connectivity index (χ0n) is 16.8. The summed E-state index contributed by atoms with van der Waals surface area (Å²) in [6.45, 7) is 7.42. The SMILES string of the molecule is CCN1CCN(C2=Nc3cc(Cl)ccc3Oc3cscc32)CC1.O=C(O)C=CC(=O)O. The first-order valence-corrected chi connectivity index (χ1v) is 10.9. The number of carbonyl (C=O) groups is 2. The van der Waals surface area contributed by atoms with E-state index in [2.05, 4.69) is 22.1 Å². The summed E-state index contributed by atoms with van der Waals surface area (Å²) < 4.78 is 6.06. The van der Waals surface area contributed by atoms with Gasteiger partial charge in [0, 0.05) is 54.1 Å². The zero-order valence-corrected chi connectivity index (χ0v) is 18.4. The second-order valence-corrected chi connectivity index (χ2v) is 7.91. The minimum absolute atomic E-state index is 0.558. The quantitative estimate of drug-likeness (QED) is 0.664. The van der Waals surface area contributed by atoms with E-state index in [4.69, 9.17) is 31.5 Å². The van der Waals surface area contributed by atoms with Gasteiger partial charge in [-0.15, -0.1) is 11.3 Å². The number of hydrogen-bond donors (Lipinski definition) is 2. The molecule has 0 aliphatic carbocycles. The molecule has 2 aliphatic rings. The summed E-state index contributed by atoms with van der Waals surface area (Å²) in [5, 5.41) is 20.5. The van der Waals surface area contributed by atoms with Crippen LogP contribution in [-0.2, 0) is 9.59 Å². The van der Waals surface area contributed by atoms with E-state index in [0.29, 0.717) is 17.2 Å². The fourth-order valence-electron chi connectivity index (χ4n) is 3.14. The Bertz CT molecular complexity index is 996. The number of rotatable bonds is 3. The average Bonchev–Trinajstić information content (AvgIpc) is 3.15. The van der Waals surface area contributed by atoms with Crippen LogP contribution in [0.5, 0.6) is 11.5 Å². The third-order valence-corrected chi connectivity index (χ3v) is 5.68. The number of ether oxygens (including phenoxy) is 1. The van der Waals surface area contributed by atoms with Gasteiger partial charge in [-0.2, -0.15) is 0 Å². The number of carboxylic acid groups (broad SMARTS) is 2. The van der Waals surface area contributed by atoms with E-state index < -0.39 is 11.9 Å². The Kier molecular flexibility index (Phi) is 7.67. The predicted molar refractivity (Wildman–Crippen MR) is 120 cm³/mol. The van der Waals surface area contributed by atoms with Gasteiger partial charge in [-0.3, -0.25) is 0 Å². The van der Waals surface area contributed by atoms with Crippen LogP contribution in [0.4, 0.5) is 5.69 Å². The molecular formula is C21H22ClN3O5S. The topological polar surface area (TPSA) is 103 Å². The molecule has 164 valence electrons. The van der Waals surface area contributed by atoms with Crippen molar-refractivity contribution in [2.24, 2.45) is 4.99 Å². The van der Waals surface area contributed by atoms with Crippen molar-refractivity contribution < 1.29 is 24.5 Å². The largest absolute Gasteiger partial charge is 0.478 e. The summed E-state index contributed by atoms with van der Waals surface area (Å²) in [5.41, 5.74) is 1.87. The molecule has 1 saturated heterocycles. The first-order chi connectivity index (χ1) is 14.9. The molecule has 4 rings (SSSR count). The summed E-state index contributed by atoms with van der Waals surface area (Å²) in [7, 11) is 0. The lowest BCUT2D eigenvalue weighted by molar-refractivity contribution is -0.134. The molecule has 10 heteroatoms. The molecule has 0 saturated carbocycles. The number of aliphatic carboxylic acids is 2. The maximum absolute atomic E-state index is 9.55. The number of amidine groups is 1. The number of halogens is 1. The number of thiophene rings is 1. The number of likely N-dealkylation sites (N-methyl/N-ethyl adjacent to an activating group) is 1. The van der Waals surface area contributed by atoms with E-state index in [0.717, 1.165) is 61.3 Å². The lowest BCUT2D eigenvalue weighted by Crippen LogP contribution is -2.48. The summed E-state index contributed by atoms with van der Waals surface area (Å²) in [6, 6.07) is 5.60. The van der Waals surface area contributed by atoms with Gasteiger partial charge in [-0.1, -0.05) is 18.5 Å². The van der Waals surface area contributed by atoms with Gasteiger partial charge >= 0.3 is 11.9 Å². The number of aliphatic imine (C=N–C) groups is 1. The van der Waals surface area contributed by atoms with E-state index in [1.165, 1.54) is 0 Å². The number of fused-ring (bicyclic) bond motifs is 2. The van der Waals surface area contributed by atoms with Gasteiger partial charge in [0.05, 0.1) is 5.56 Å². The molecule has 0 bridgehead atoms. The summed E-state index contributed by atoms with van der Waals surface area (Å²) in [5.74, 6) is 0.127. The van der Waals surface area contributed by atoms with E-state index in [1.807, 2.05) is 23.6 Å². The molecule has 0 spiro atoms. The maximum atomic E-state index is 9.55. The molecule has 2 N–H and O–H groups in total. The Labute approximate surface area is 188 Å². The second-order valence-electron chi connectivity index (χ2n) is 6.73. The molecule has 3 heterocycles. The average molecular weight is 464 g/mol. The van der Waals surface area contributed by atoms with Crippen LogP contribution < -0.4 is 4.74 Å². The van der Waals surface area contributed by atoms with Crippen molar-refractivity contribution >= 4 is 46.4 Å². The molecular weight excluding hydrogens is 442 g/mol. The zero-order chi connectivity index (χ0) is 22.4. The van der Waals surface area contributed by atoms with Gasteiger partial charge in [-0.25, -0.2) is 14.6 Å². The standard InChI is InChI=1S/C17H18ClN3OS.C4H4O4/c1-2-20-5-7-21(8-6-20)17-13-10-23-11-16(13)22-15-4-3-12(18)9-14(15)19-17;5-3(6)1-2-4(7)8/h3-4,9-11H,2,5-8H2,1H3;1-2H,(H,5,6)(H,7,8). The second kappa shape index (κ2) is 10.4. The van der Waals surface area contributed by atoms with Crippen LogP contribution >= 0.6 is 22.9 Å². The van der Waals surface area contributed by atoms with Crippen molar-refractivity contribution in [1.29, 1.82) is 0 Å². The highest BCUT2D eigenvalue weighted by molar-refractivity contribution is 7.08. The van der Waals surface area contributed by atoms with Crippen molar-refractivity contribution in [3.63, 3.8) is 0 Å². The smallest absolute Gasteiger partial charge is 0.328 e. The molecule has 8 nitrogen and oxygen atoms in total. The fourth-order valence-corrected chi connectivity index (χ4v) is 4.03. The molecule has 1 aromatic carbocycles. The highest BCUT2D eigenvalue weighted by Gasteiger charge is 2.26. The summed E-state index contributed by atoms with van der Waals surface area (Å²) >= 11 is 7.79. The van der Waals surface area contributed by atoms with Gasteiger partial charge in [0.1, 0.15) is 17.3 Å². The Hall–Kier alpha value is -2.88. The lowest BCUT2D eigenvalue weighted by atomic mass is 10.2. The van der Waals surface area contributed by atoms with Crippen molar-refractivity contribution in [3.8, 4) is 11.5 Å². The van der Waals surface area contributed by atoms with Crippen molar-refractivity contribution in [3.05, 3.63) is 51.7 Å². The third-order valence-electron chi connectivity index (χ3n) is 4.72. The molecule has 0 radical (unpaired) electrons. The number of hydrogen-bond acceptors (Lipinski definition) is 7. The normalized spacial score (nSPS) is 15.7. The molecule has 2 aliphatic heterocycles. The lowest BCUT2D eigenvalue weighted by Gasteiger charge is -2.35. The Balaban J connectivity index is 0.000000293. The van der Waals surface area contributed by atoms with Gasteiger partial charge in [-0.05, 0) is 24.7 Å². The van der Waals surface area contributed by atoms with E-state index in [-0.39, 0.29) is 0 Å². The molecule has 31 heavy (non-hydrogen) atoms. The van der Waals surface area contributed by atoms with Crippen molar-refractivity contribution in [2.75, 3.05) is 32.7 Å². The number of carboxylic acids is 2. The van der Waals surface area contributed by atoms with E-state index in [1.54, 1.807) is 11.3 Å². The Morgan fingerprint density at radius 2 is 1.81 bits per heavy atom. The minimum atomic E-state index is -1.26. The fraction of sp³-hybridized carbons (Fsp3) is 0.286. The van der Waals surface area contributed by atoms with Crippen LogP contribution in [0.2, 0.25) is 5.02 Å². The molecule has 0 unspecified atom stereocenters. The van der Waals surface area contributed by atoms with Crippen LogP contribution in [-0.4, -0.2) is 70.5 Å². The maximum Gasteiger partial charge on any atom is 0.328 e. The third kappa shape index (κ3) is 6.06. The monoisotopic (exact) mass is 463 g/mol. The van der Waals surface area contributed by atoms with E-state index in [9.17, 15) is 9.59 Å². The van der Waals surface area contributed by atoms with Crippen LogP contribution in [0.3, 0.4) is 0 Å².